The Morgan fingerprint density at radius 1 is 1.20 bits per heavy atom. The van der Waals surface area contributed by atoms with Crippen LogP contribution in [0.5, 0.6) is 5.75 Å². The van der Waals surface area contributed by atoms with Gasteiger partial charge in [0, 0.05) is 15.2 Å². The Morgan fingerprint density at radius 2 is 1.90 bits per heavy atom. The molecule has 6 heteroatoms. The van der Waals surface area contributed by atoms with Crippen molar-refractivity contribution in [3.8, 4) is 5.75 Å². The van der Waals surface area contributed by atoms with Crippen LogP contribution in [0.4, 0.5) is 5.69 Å². The molecule has 0 saturated heterocycles. The second-order valence-electron chi connectivity index (χ2n) is 4.02. The third-order valence-electron chi connectivity index (χ3n) is 2.62. The topological polar surface area (TPSA) is 69.4 Å². The molecule has 2 aromatic rings. The fourth-order valence-corrected chi connectivity index (χ4v) is 1.97. The summed E-state index contributed by atoms with van der Waals surface area (Å²) < 4.78 is 6.57. The molecule has 5 nitrogen and oxygen atoms in total. The number of carbonyl (C=O) groups is 1. The predicted octanol–water partition coefficient (Wildman–Crippen LogP) is 3.59. The summed E-state index contributed by atoms with van der Waals surface area (Å²) in [6.45, 7) is 0.234. The molecule has 2 rings (SSSR count). The fourth-order valence-electron chi connectivity index (χ4n) is 1.61. The first-order valence-corrected chi connectivity index (χ1v) is 6.79. The number of carbonyl (C=O) groups excluding carboxylic acids is 1. The van der Waals surface area contributed by atoms with Crippen molar-refractivity contribution in [2.45, 2.75) is 6.61 Å². The number of halogens is 1. The van der Waals surface area contributed by atoms with Crippen LogP contribution in [-0.4, -0.2) is 11.2 Å². The lowest BCUT2D eigenvalue weighted by molar-refractivity contribution is -0.386. The number of benzene rings is 2. The summed E-state index contributed by atoms with van der Waals surface area (Å²) in [5.41, 5.74) is 0.956. The van der Waals surface area contributed by atoms with Gasteiger partial charge in [0.25, 0.3) is 0 Å². The molecule has 0 atom stereocenters. The second-order valence-corrected chi connectivity index (χ2v) is 5.26. The quantitative estimate of drug-likeness (QED) is 0.343. The highest BCUT2D eigenvalue weighted by atomic mass is 127. The van der Waals surface area contributed by atoms with Crippen molar-refractivity contribution in [3.63, 3.8) is 0 Å². The van der Waals surface area contributed by atoms with E-state index < -0.39 is 4.92 Å². The van der Waals surface area contributed by atoms with Gasteiger partial charge in [0.15, 0.2) is 5.75 Å². The van der Waals surface area contributed by atoms with Gasteiger partial charge in [-0.05, 0) is 52.4 Å². The number of rotatable bonds is 5. The molecule has 2 aromatic carbocycles. The largest absolute Gasteiger partial charge is 0.482 e. The molecule has 0 aromatic heterocycles. The normalized spacial score (nSPS) is 10.1. The van der Waals surface area contributed by atoms with Crippen molar-refractivity contribution in [3.05, 3.63) is 67.3 Å². The summed E-state index contributed by atoms with van der Waals surface area (Å²) in [5.74, 6) is 0.152. The maximum absolute atomic E-state index is 11.0. The van der Waals surface area contributed by atoms with Gasteiger partial charge in [0.2, 0.25) is 0 Å². The summed E-state index contributed by atoms with van der Waals surface area (Å²) in [4.78, 5) is 21.0. The first-order chi connectivity index (χ1) is 9.60. The van der Waals surface area contributed by atoms with E-state index in [4.69, 9.17) is 4.74 Å². The molecule has 0 amide bonds. The summed E-state index contributed by atoms with van der Waals surface area (Å²) in [5, 5.41) is 11.0. The van der Waals surface area contributed by atoms with Crippen molar-refractivity contribution in [2.75, 3.05) is 0 Å². The Hall–Kier alpha value is -1.96. The van der Waals surface area contributed by atoms with Crippen LogP contribution in [-0.2, 0) is 6.61 Å². The van der Waals surface area contributed by atoms with Gasteiger partial charge in [-0.15, -0.1) is 0 Å². The number of nitro groups is 1. The SMILES string of the molecule is O=Cc1ccc(OCc2ccc(I)cc2)c([N+](=O)[O-])c1. The average Bonchev–Trinajstić information content (AvgIpc) is 2.46. The number of hydrogen-bond donors (Lipinski definition) is 0. The molecule has 0 aliphatic rings. The van der Waals surface area contributed by atoms with Crippen LogP contribution >= 0.6 is 22.6 Å². The van der Waals surface area contributed by atoms with Gasteiger partial charge in [-0.2, -0.15) is 0 Å². The van der Waals surface area contributed by atoms with E-state index in [2.05, 4.69) is 22.6 Å². The Labute approximate surface area is 128 Å². The van der Waals surface area contributed by atoms with Crippen molar-refractivity contribution in [1.82, 2.24) is 0 Å². The standard InChI is InChI=1S/C14H10INO4/c15-12-4-1-10(2-5-12)9-20-14-6-3-11(8-17)7-13(14)16(18)19/h1-8H,9H2. The maximum atomic E-state index is 11.0. The third-order valence-corrected chi connectivity index (χ3v) is 3.34. The highest BCUT2D eigenvalue weighted by Crippen LogP contribution is 2.28. The summed E-state index contributed by atoms with van der Waals surface area (Å²) in [6, 6.07) is 11.8. The summed E-state index contributed by atoms with van der Waals surface area (Å²) in [7, 11) is 0. The van der Waals surface area contributed by atoms with Crippen molar-refractivity contribution in [2.24, 2.45) is 0 Å². The molecule has 0 fully saturated rings. The smallest absolute Gasteiger partial charge is 0.311 e. The fraction of sp³-hybridized carbons (Fsp3) is 0.0714. The minimum Gasteiger partial charge on any atom is -0.482 e. The van der Waals surface area contributed by atoms with Crippen LogP contribution in [0, 0.1) is 13.7 Å². The van der Waals surface area contributed by atoms with Gasteiger partial charge < -0.3 is 4.74 Å². The van der Waals surface area contributed by atoms with E-state index >= 15 is 0 Å². The highest BCUT2D eigenvalue weighted by molar-refractivity contribution is 14.1. The molecule has 0 saturated carbocycles. The molecule has 0 radical (unpaired) electrons. The van der Waals surface area contributed by atoms with Crippen LogP contribution in [0.1, 0.15) is 15.9 Å². The molecular formula is C14H10INO4. The van der Waals surface area contributed by atoms with Crippen molar-refractivity contribution in [1.29, 1.82) is 0 Å². The lowest BCUT2D eigenvalue weighted by Gasteiger charge is -2.07. The molecule has 102 valence electrons. The molecule has 0 bridgehead atoms. The van der Waals surface area contributed by atoms with E-state index in [1.54, 1.807) is 0 Å². The zero-order chi connectivity index (χ0) is 14.5. The highest BCUT2D eigenvalue weighted by Gasteiger charge is 2.16. The van der Waals surface area contributed by atoms with Crippen molar-refractivity contribution < 1.29 is 14.5 Å². The van der Waals surface area contributed by atoms with Crippen LogP contribution in [0.2, 0.25) is 0 Å². The van der Waals surface area contributed by atoms with E-state index in [0.29, 0.717) is 6.29 Å². The maximum Gasteiger partial charge on any atom is 0.311 e. The molecule has 0 spiro atoms. The average molecular weight is 383 g/mol. The molecular weight excluding hydrogens is 373 g/mol. The van der Waals surface area contributed by atoms with Gasteiger partial charge in [-0.1, -0.05) is 12.1 Å². The first kappa shape index (κ1) is 14.4. The van der Waals surface area contributed by atoms with Gasteiger partial charge in [-0.25, -0.2) is 0 Å². The van der Waals surface area contributed by atoms with Crippen LogP contribution in [0.25, 0.3) is 0 Å². The first-order valence-electron chi connectivity index (χ1n) is 5.71. The Kier molecular flexibility index (Phi) is 4.67. The molecule has 0 aliphatic carbocycles. The third kappa shape index (κ3) is 3.53. The molecule has 0 heterocycles. The summed E-state index contributed by atoms with van der Waals surface area (Å²) >= 11 is 2.19. The lowest BCUT2D eigenvalue weighted by Crippen LogP contribution is -2.00. The number of nitrogens with zero attached hydrogens (tertiary/aromatic N) is 1. The minimum absolute atomic E-state index is 0.152. The van der Waals surface area contributed by atoms with Gasteiger partial charge >= 0.3 is 5.69 Å². The van der Waals surface area contributed by atoms with Gasteiger partial charge in [0.1, 0.15) is 12.9 Å². The van der Waals surface area contributed by atoms with E-state index in [9.17, 15) is 14.9 Å². The van der Waals surface area contributed by atoms with Gasteiger partial charge in [0.05, 0.1) is 4.92 Å². The summed E-state index contributed by atoms with van der Waals surface area (Å²) in [6.07, 6.45) is 0.565. The molecule has 0 aliphatic heterocycles. The van der Waals surface area contributed by atoms with Crippen LogP contribution in [0.15, 0.2) is 42.5 Å². The Bertz CT molecular complexity index is 640. The number of hydrogen-bond acceptors (Lipinski definition) is 4. The second kappa shape index (κ2) is 6.47. The van der Waals surface area contributed by atoms with E-state index in [0.717, 1.165) is 9.13 Å². The van der Waals surface area contributed by atoms with Crippen LogP contribution < -0.4 is 4.74 Å². The predicted molar refractivity (Wildman–Crippen MR) is 82.0 cm³/mol. The number of ether oxygens (including phenoxy) is 1. The number of nitro benzene ring substituents is 1. The number of aldehydes is 1. The van der Waals surface area contributed by atoms with Crippen molar-refractivity contribution >= 4 is 34.6 Å². The monoisotopic (exact) mass is 383 g/mol. The van der Waals surface area contributed by atoms with Gasteiger partial charge in [-0.3, -0.25) is 14.9 Å². The zero-order valence-electron chi connectivity index (χ0n) is 10.3. The lowest BCUT2D eigenvalue weighted by atomic mass is 10.2. The van der Waals surface area contributed by atoms with Crippen LogP contribution in [0.3, 0.4) is 0 Å². The minimum atomic E-state index is -0.559. The molecule has 0 unspecified atom stereocenters. The molecule has 20 heavy (non-hydrogen) atoms. The van der Waals surface area contributed by atoms with E-state index in [1.165, 1.54) is 18.2 Å². The Morgan fingerprint density at radius 3 is 2.50 bits per heavy atom. The molecule has 0 N–H and O–H groups in total. The van der Waals surface area contributed by atoms with E-state index in [1.807, 2.05) is 24.3 Å². The van der Waals surface area contributed by atoms with E-state index in [-0.39, 0.29) is 23.6 Å². The zero-order valence-corrected chi connectivity index (χ0v) is 12.4. The Balaban J connectivity index is 2.18.